The summed E-state index contributed by atoms with van der Waals surface area (Å²) < 4.78 is 32.8. The van der Waals surface area contributed by atoms with Crippen LogP contribution in [0.4, 0.5) is 27.3 Å². The van der Waals surface area contributed by atoms with Gasteiger partial charge in [0.15, 0.2) is 0 Å². The van der Waals surface area contributed by atoms with E-state index in [0.29, 0.717) is 28.6 Å². The minimum absolute atomic E-state index is 0.140. The molecule has 1 heterocycles. The normalized spacial score (nSPS) is 11.6. The molecular weight excluding hydrogens is 506 g/mol. The van der Waals surface area contributed by atoms with Gasteiger partial charge in [-0.05, 0) is 76.2 Å². The number of benzene rings is 1. The van der Waals surface area contributed by atoms with Gasteiger partial charge in [-0.2, -0.15) is 0 Å². The molecule has 36 heavy (non-hydrogen) atoms. The van der Waals surface area contributed by atoms with E-state index in [2.05, 4.69) is 76.2 Å². The van der Waals surface area contributed by atoms with E-state index in [1.54, 1.807) is 4.68 Å². The number of aryl methyl sites for hydroxylation is 1. The molecule has 0 bridgehead atoms. The molecular formula is C22H37N7O5S2. The van der Waals surface area contributed by atoms with Crippen LogP contribution in [0.1, 0.15) is 48.5 Å². The molecule has 0 spiro atoms. The van der Waals surface area contributed by atoms with Crippen LogP contribution < -0.4 is 19.8 Å². The highest BCUT2D eigenvalue weighted by atomic mass is 32.3. The van der Waals surface area contributed by atoms with Crippen LogP contribution in [-0.2, 0) is 26.4 Å². The molecule has 2 aromatic rings. The molecule has 2 rings (SSSR count). The standard InChI is InChI=1S/C21H33N7OS.CH4O4S/c1-9-27(10-2)17-11-12-18(19(13-17)22-16(7)29)23-24-20-26(8)25-21(30-20)28(14(3)4)15(5)6;1-5-6(2,3)4/h11-15H,9-10H2,1-8H3;1H3,(H,2,3,4). The Hall–Kier alpha value is -2.68. The largest absolute Gasteiger partial charge is 0.726 e. The first-order valence-corrected chi connectivity index (χ1v) is 13.6. The average Bonchev–Trinajstić information content (AvgIpc) is 3.12. The zero-order chi connectivity index (χ0) is 27.6. The number of nitrogens with zero attached hydrogens (tertiary/aromatic N) is 6. The second-order valence-corrected chi connectivity index (χ2v) is 10.3. The highest BCUT2D eigenvalue weighted by Gasteiger charge is 2.24. The lowest BCUT2D eigenvalue weighted by Gasteiger charge is -2.28. The fourth-order valence-electron chi connectivity index (χ4n) is 3.35. The summed E-state index contributed by atoms with van der Waals surface area (Å²) in [5.74, 6) is -0.140. The molecule has 0 fully saturated rings. The van der Waals surface area contributed by atoms with Crippen molar-refractivity contribution in [2.45, 2.75) is 60.5 Å². The van der Waals surface area contributed by atoms with Gasteiger partial charge >= 0.3 is 5.13 Å². The van der Waals surface area contributed by atoms with Crippen molar-refractivity contribution in [3.8, 4) is 0 Å². The Balaban J connectivity index is 0.000000960. The van der Waals surface area contributed by atoms with Crippen molar-refractivity contribution in [3.05, 3.63) is 18.2 Å². The van der Waals surface area contributed by atoms with Gasteiger partial charge in [0.2, 0.25) is 21.4 Å². The lowest BCUT2D eigenvalue weighted by atomic mass is 10.2. The second kappa shape index (κ2) is 14.2. The summed E-state index contributed by atoms with van der Waals surface area (Å²) in [6, 6.07) is 6.50. The number of anilines is 3. The summed E-state index contributed by atoms with van der Waals surface area (Å²) in [5.41, 5.74) is 2.30. The number of rotatable bonds is 10. The maximum Gasteiger partial charge on any atom is 0.431 e. The highest BCUT2D eigenvalue weighted by molar-refractivity contribution is 7.80. The van der Waals surface area contributed by atoms with Gasteiger partial charge in [-0.1, -0.05) is 5.10 Å². The van der Waals surface area contributed by atoms with E-state index < -0.39 is 10.4 Å². The lowest BCUT2D eigenvalue weighted by molar-refractivity contribution is -0.712. The predicted octanol–water partition coefficient (Wildman–Crippen LogP) is 3.90. The SMILES string of the molecule is CCN(CC)c1ccc(N=Nc2sc(N(C(C)C)C(C)C)n[n+]2C)c(NC(C)=O)c1.COS(=O)(=O)[O-]. The van der Waals surface area contributed by atoms with E-state index in [0.717, 1.165) is 31.0 Å². The lowest BCUT2D eigenvalue weighted by Crippen LogP contribution is -2.39. The van der Waals surface area contributed by atoms with Crippen LogP contribution in [0.25, 0.3) is 0 Å². The molecule has 0 radical (unpaired) electrons. The minimum Gasteiger partial charge on any atom is -0.726 e. The van der Waals surface area contributed by atoms with Crippen molar-refractivity contribution >= 4 is 55.0 Å². The second-order valence-electron chi connectivity index (χ2n) is 8.22. The molecule has 0 aliphatic carbocycles. The third kappa shape index (κ3) is 9.76. The summed E-state index contributed by atoms with van der Waals surface area (Å²) in [6.45, 7) is 16.1. The van der Waals surface area contributed by atoms with Crippen LogP contribution >= 0.6 is 11.3 Å². The zero-order valence-corrected chi connectivity index (χ0v) is 24.0. The predicted molar refractivity (Wildman–Crippen MR) is 141 cm³/mol. The Kier molecular flexibility index (Phi) is 12.3. The number of azo groups is 1. The third-order valence-electron chi connectivity index (χ3n) is 4.90. The molecule has 1 aromatic heterocycles. The Morgan fingerprint density at radius 2 is 1.75 bits per heavy atom. The Morgan fingerprint density at radius 3 is 2.19 bits per heavy atom. The van der Waals surface area contributed by atoms with Gasteiger partial charge in [0.25, 0.3) is 0 Å². The molecule has 0 unspecified atom stereocenters. The molecule has 0 saturated heterocycles. The quantitative estimate of drug-likeness (QED) is 0.206. The van der Waals surface area contributed by atoms with Crippen molar-refractivity contribution in [2.75, 3.05) is 35.3 Å². The van der Waals surface area contributed by atoms with Gasteiger partial charge in [0.05, 0.1) is 17.9 Å². The monoisotopic (exact) mass is 543 g/mol. The minimum atomic E-state index is -4.41. The Morgan fingerprint density at radius 1 is 1.19 bits per heavy atom. The van der Waals surface area contributed by atoms with Crippen LogP contribution in [0.3, 0.4) is 0 Å². The summed E-state index contributed by atoms with van der Waals surface area (Å²) in [4.78, 5) is 16.2. The Bertz CT molecular complexity index is 1120. The molecule has 1 N–H and O–H groups in total. The molecule has 0 aliphatic heterocycles. The summed E-state index contributed by atoms with van der Waals surface area (Å²) in [5, 5.41) is 18.0. The van der Waals surface area contributed by atoms with Crippen molar-refractivity contribution in [1.82, 2.24) is 5.10 Å². The first-order valence-electron chi connectivity index (χ1n) is 11.5. The van der Waals surface area contributed by atoms with E-state index in [9.17, 15) is 17.8 Å². The van der Waals surface area contributed by atoms with Crippen molar-refractivity contribution in [3.63, 3.8) is 0 Å². The smallest absolute Gasteiger partial charge is 0.431 e. The van der Waals surface area contributed by atoms with Crippen LogP contribution in [0.15, 0.2) is 28.4 Å². The number of amides is 1. The van der Waals surface area contributed by atoms with E-state index in [4.69, 9.17) is 0 Å². The van der Waals surface area contributed by atoms with Gasteiger partial charge in [0.1, 0.15) is 12.7 Å². The number of carbonyl (C=O) groups excluding carboxylic acids is 1. The van der Waals surface area contributed by atoms with Gasteiger partial charge in [0, 0.05) is 37.8 Å². The van der Waals surface area contributed by atoms with Crippen molar-refractivity contribution in [2.24, 2.45) is 17.3 Å². The van der Waals surface area contributed by atoms with Gasteiger partial charge in [-0.25, -0.2) is 8.42 Å². The molecule has 0 aliphatic rings. The van der Waals surface area contributed by atoms with E-state index >= 15 is 0 Å². The molecule has 1 amide bonds. The number of aromatic nitrogens is 2. The van der Waals surface area contributed by atoms with Gasteiger partial charge in [-0.15, -0.1) is 4.68 Å². The fraction of sp³-hybridized carbons (Fsp3) is 0.591. The summed E-state index contributed by atoms with van der Waals surface area (Å²) in [7, 11) is -1.74. The fourth-order valence-corrected chi connectivity index (χ4v) is 4.46. The Labute approximate surface area is 217 Å². The molecule has 0 saturated carbocycles. The van der Waals surface area contributed by atoms with E-state index in [1.165, 1.54) is 18.3 Å². The maximum absolute atomic E-state index is 11.7. The van der Waals surface area contributed by atoms with E-state index in [-0.39, 0.29) is 5.91 Å². The molecule has 1 aromatic carbocycles. The number of nitrogens with one attached hydrogen (secondary N) is 1. The van der Waals surface area contributed by atoms with Crippen LogP contribution in [0, 0.1) is 0 Å². The van der Waals surface area contributed by atoms with Crippen LogP contribution in [0.2, 0.25) is 0 Å². The average molecular weight is 544 g/mol. The topological polar surface area (TPSA) is 144 Å². The first kappa shape index (κ1) is 31.4. The number of carbonyl (C=O) groups is 1. The molecule has 12 nitrogen and oxygen atoms in total. The highest BCUT2D eigenvalue weighted by Crippen LogP contribution is 2.33. The number of hydrogen-bond acceptors (Lipinski definition) is 11. The van der Waals surface area contributed by atoms with E-state index in [1.807, 2.05) is 25.2 Å². The maximum atomic E-state index is 11.7. The summed E-state index contributed by atoms with van der Waals surface area (Å²) in [6.07, 6.45) is 0. The van der Waals surface area contributed by atoms with Crippen LogP contribution in [-0.4, -0.2) is 56.3 Å². The van der Waals surface area contributed by atoms with Crippen LogP contribution in [0.5, 0.6) is 0 Å². The van der Waals surface area contributed by atoms with Crippen molar-refractivity contribution < 1.29 is 26.6 Å². The molecule has 0 atom stereocenters. The first-order chi connectivity index (χ1) is 16.7. The van der Waals surface area contributed by atoms with Crippen molar-refractivity contribution in [1.29, 1.82) is 0 Å². The zero-order valence-electron chi connectivity index (χ0n) is 22.3. The summed E-state index contributed by atoms with van der Waals surface area (Å²) >= 11 is 1.50. The molecule has 202 valence electrons. The number of hydrogen-bond donors (Lipinski definition) is 1. The third-order valence-corrected chi connectivity index (χ3v) is 6.31. The van der Waals surface area contributed by atoms with Gasteiger partial charge in [-0.3, -0.25) is 8.98 Å². The van der Waals surface area contributed by atoms with Gasteiger partial charge < -0.3 is 19.7 Å². The molecule has 14 heteroatoms.